The Labute approximate surface area is 96.5 Å². The maximum Gasteiger partial charge on any atom is 0.308 e. The summed E-state index contributed by atoms with van der Waals surface area (Å²) in [5.41, 5.74) is 0.395. The first-order chi connectivity index (χ1) is 7.95. The van der Waals surface area contributed by atoms with Crippen molar-refractivity contribution in [3.05, 3.63) is 33.4 Å². The van der Waals surface area contributed by atoms with Crippen molar-refractivity contribution in [3.8, 4) is 5.75 Å². The molecule has 0 atom stereocenters. The molecule has 0 aliphatic carbocycles. The zero-order chi connectivity index (χ0) is 13.0. The van der Waals surface area contributed by atoms with Gasteiger partial charge < -0.3 is 9.94 Å². The fourth-order valence-corrected chi connectivity index (χ4v) is 1.33. The lowest BCUT2D eigenvalue weighted by molar-refractivity contribution is -0.384. The summed E-state index contributed by atoms with van der Waals surface area (Å²) in [4.78, 5) is 20.9. The van der Waals surface area contributed by atoms with Crippen molar-refractivity contribution in [1.29, 1.82) is 0 Å². The van der Waals surface area contributed by atoms with E-state index >= 15 is 0 Å². The fraction of sp³-hybridized carbons (Fsp3) is 0.200. The molecule has 1 rings (SSSR count). The summed E-state index contributed by atoms with van der Waals surface area (Å²) < 4.78 is 4.90. The van der Waals surface area contributed by atoms with Crippen LogP contribution in [0.1, 0.15) is 18.1 Å². The molecular weight excluding hydrogens is 228 g/mol. The Morgan fingerprint density at radius 3 is 2.71 bits per heavy atom. The van der Waals surface area contributed by atoms with Crippen molar-refractivity contribution in [1.82, 2.24) is 0 Å². The lowest BCUT2D eigenvalue weighted by atomic mass is 10.1. The minimum Gasteiger partial charge on any atom is -0.426 e. The van der Waals surface area contributed by atoms with Crippen molar-refractivity contribution in [2.45, 2.75) is 13.8 Å². The highest BCUT2D eigenvalue weighted by Gasteiger charge is 2.15. The highest BCUT2D eigenvalue weighted by atomic mass is 16.6. The zero-order valence-corrected chi connectivity index (χ0v) is 9.21. The summed E-state index contributed by atoms with van der Waals surface area (Å²) in [6, 6.07) is 2.43. The molecule has 0 saturated carbocycles. The smallest absolute Gasteiger partial charge is 0.308 e. The lowest BCUT2D eigenvalue weighted by Crippen LogP contribution is -2.06. The standard InChI is InChI=1S/C10H10N2O5/c1-6-3-9(12(15)16)4-8(5-11-14)10(6)17-7(2)13/h3-5,14H,1-2H3/b11-5-. The molecule has 0 saturated heterocycles. The third-order valence-electron chi connectivity index (χ3n) is 1.94. The van der Waals surface area contributed by atoms with E-state index in [2.05, 4.69) is 5.16 Å². The molecule has 7 heteroatoms. The number of benzene rings is 1. The van der Waals surface area contributed by atoms with Gasteiger partial charge in [-0.15, -0.1) is 0 Å². The summed E-state index contributed by atoms with van der Waals surface area (Å²) in [5, 5.41) is 21.9. The Kier molecular flexibility index (Phi) is 3.76. The first-order valence-electron chi connectivity index (χ1n) is 4.60. The first-order valence-corrected chi connectivity index (χ1v) is 4.60. The maximum atomic E-state index is 10.9. The summed E-state index contributed by atoms with van der Waals surface area (Å²) in [5.74, 6) is -0.421. The molecule has 0 aliphatic rings. The summed E-state index contributed by atoms with van der Waals surface area (Å²) in [7, 11) is 0. The van der Waals surface area contributed by atoms with Gasteiger partial charge in [-0.05, 0) is 12.5 Å². The number of ether oxygens (including phenoxy) is 1. The molecule has 0 aliphatic heterocycles. The van der Waals surface area contributed by atoms with Crippen LogP contribution in [0.4, 0.5) is 5.69 Å². The fourth-order valence-electron chi connectivity index (χ4n) is 1.33. The van der Waals surface area contributed by atoms with E-state index in [1.54, 1.807) is 6.92 Å². The molecule has 7 nitrogen and oxygen atoms in total. The highest BCUT2D eigenvalue weighted by molar-refractivity contribution is 5.87. The molecule has 0 fully saturated rings. The van der Waals surface area contributed by atoms with E-state index in [4.69, 9.17) is 9.94 Å². The number of hydrogen-bond donors (Lipinski definition) is 1. The molecule has 0 heterocycles. The first kappa shape index (κ1) is 12.6. The summed E-state index contributed by atoms with van der Waals surface area (Å²) >= 11 is 0. The summed E-state index contributed by atoms with van der Waals surface area (Å²) in [6.45, 7) is 2.76. The second kappa shape index (κ2) is 5.06. The Hall–Kier alpha value is -2.44. The molecule has 0 spiro atoms. The van der Waals surface area contributed by atoms with E-state index in [-0.39, 0.29) is 17.0 Å². The molecule has 0 unspecified atom stereocenters. The van der Waals surface area contributed by atoms with Crippen LogP contribution in [-0.4, -0.2) is 22.3 Å². The van der Waals surface area contributed by atoms with Crippen LogP contribution >= 0.6 is 0 Å². The summed E-state index contributed by atoms with van der Waals surface area (Å²) in [6.07, 6.45) is 0.971. The van der Waals surface area contributed by atoms with Gasteiger partial charge in [0.05, 0.1) is 11.1 Å². The highest BCUT2D eigenvalue weighted by Crippen LogP contribution is 2.28. The largest absolute Gasteiger partial charge is 0.426 e. The number of nitro benzene ring substituents is 1. The zero-order valence-electron chi connectivity index (χ0n) is 9.21. The quantitative estimate of drug-likeness (QED) is 0.215. The topological polar surface area (TPSA) is 102 Å². The SMILES string of the molecule is CC(=O)Oc1c(C)cc([N+](=O)[O-])cc1/C=N\O. The molecule has 1 aromatic carbocycles. The van der Waals surface area contributed by atoms with Crippen LogP contribution in [0.25, 0.3) is 0 Å². The number of aryl methyl sites for hydroxylation is 1. The third kappa shape index (κ3) is 3.00. The molecular formula is C10H10N2O5. The van der Waals surface area contributed by atoms with Gasteiger partial charge in [-0.2, -0.15) is 0 Å². The van der Waals surface area contributed by atoms with Gasteiger partial charge in [0.1, 0.15) is 5.75 Å². The molecule has 0 bridgehead atoms. The van der Waals surface area contributed by atoms with E-state index < -0.39 is 10.9 Å². The predicted molar refractivity (Wildman–Crippen MR) is 58.5 cm³/mol. The second-order valence-corrected chi connectivity index (χ2v) is 3.28. The van der Waals surface area contributed by atoms with E-state index in [9.17, 15) is 14.9 Å². The molecule has 1 N–H and O–H groups in total. The van der Waals surface area contributed by atoms with Crippen molar-refractivity contribution < 1.29 is 19.7 Å². The van der Waals surface area contributed by atoms with Gasteiger partial charge in [0.25, 0.3) is 5.69 Å². The van der Waals surface area contributed by atoms with Crippen LogP contribution in [0.2, 0.25) is 0 Å². The van der Waals surface area contributed by atoms with Crippen molar-refractivity contribution in [2.75, 3.05) is 0 Å². The van der Waals surface area contributed by atoms with E-state index in [1.807, 2.05) is 0 Å². The average Bonchev–Trinajstić information content (AvgIpc) is 2.22. The molecule has 17 heavy (non-hydrogen) atoms. The van der Waals surface area contributed by atoms with Gasteiger partial charge in [-0.3, -0.25) is 14.9 Å². The number of esters is 1. The number of nitrogens with zero attached hydrogens (tertiary/aromatic N) is 2. The Bertz CT molecular complexity index is 496. The van der Waals surface area contributed by atoms with Gasteiger partial charge in [0.15, 0.2) is 0 Å². The molecule has 1 aromatic rings. The number of nitro groups is 1. The number of carbonyl (C=O) groups excluding carboxylic acids is 1. The van der Waals surface area contributed by atoms with Gasteiger partial charge >= 0.3 is 5.97 Å². The van der Waals surface area contributed by atoms with Crippen LogP contribution in [-0.2, 0) is 4.79 Å². The molecule has 90 valence electrons. The third-order valence-corrected chi connectivity index (χ3v) is 1.94. The van der Waals surface area contributed by atoms with Gasteiger partial charge in [0.2, 0.25) is 0 Å². The van der Waals surface area contributed by atoms with E-state index in [1.165, 1.54) is 13.0 Å². The van der Waals surface area contributed by atoms with Crippen LogP contribution < -0.4 is 4.74 Å². The maximum absolute atomic E-state index is 10.9. The predicted octanol–water partition coefficient (Wildman–Crippen LogP) is 1.64. The van der Waals surface area contributed by atoms with Crippen LogP contribution in [0.15, 0.2) is 17.3 Å². The Morgan fingerprint density at radius 1 is 1.59 bits per heavy atom. The number of non-ortho nitro benzene ring substituents is 1. The minimum absolute atomic E-state index is 0.140. The van der Waals surface area contributed by atoms with Crippen LogP contribution in [0.3, 0.4) is 0 Å². The number of rotatable bonds is 3. The minimum atomic E-state index is -0.584. The van der Waals surface area contributed by atoms with Gasteiger partial charge in [0, 0.05) is 24.6 Å². The number of oxime groups is 1. The van der Waals surface area contributed by atoms with Gasteiger partial charge in [-0.25, -0.2) is 0 Å². The van der Waals surface area contributed by atoms with Crippen LogP contribution in [0, 0.1) is 17.0 Å². The monoisotopic (exact) mass is 238 g/mol. The van der Waals surface area contributed by atoms with Crippen molar-refractivity contribution in [3.63, 3.8) is 0 Å². The van der Waals surface area contributed by atoms with E-state index in [0.717, 1.165) is 12.3 Å². The number of hydrogen-bond acceptors (Lipinski definition) is 6. The van der Waals surface area contributed by atoms with Crippen LogP contribution in [0.5, 0.6) is 5.75 Å². The normalized spacial score (nSPS) is 10.5. The van der Waals surface area contributed by atoms with Gasteiger partial charge in [-0.1, -0.05) is 5.16 Å². The molecule has 0 radical (unpaired) electrons. The van der Waals surface area contributed by atoms with Crippen molar-refractivity contribution >= 4 is 17.9 Å². The Morgan fingerprint density at radius 2 is 2.24 bits per heavy atom. The average molecular weight is 238 g/mol. The number of carbonyl (C=O) groups is 1. The molecule has 0 aromatic heterocycles. The molecule has 0 amide bonds. The lowest BCUT2D eigenvalue weighted by Gasteiger charge is -2.08. The Balaban J connectivity index is 3.37. The van der Waals surface area contributed by atoms with Crippen molar-refractivity contribution in [2.24, 2.45) is 5.16 Å². The second-order valence-electron chi connectivity index (χ2n) is 3.28. The van der Waals surface area contributed by atoms with E-state index in [0.29, 0.717) is 5.56 Å².